The number of aromatic nitrogens is 1. The van der Waals surface area contributed by atoms with E-state index in [1.807, 2.05) is 30.3 Å². The van der Waals surface area contributed by atoms with E-state index >= 15 is 0 Å². The van der Waals surface area contributed by atoms with Crippen LogP contribution in [0, 0.1) is 0 Å². The molecule has 2 N–H and O–H groups in total. The van der Waals surface area contributed by atoms with Gasteiger partial charge in [-0.15, -0.1) is 0 Å². The first-order chi connectivity index (χ1) is 11.6. The van der Waals surface area contributed by atoms with Crippen molar-refractivity contribution in [1.29, 1.82) is 0 Å². The van der Waals surface area contributed by atoms with Crippen LogP contribution >= 0.6 is 0 Å². The average molecular weight is 323 g/mol. The first-order valence-electron chi connectivity index (χ1n) is 7.60. The van der Waals surface area contributed by atoms with Gasteiger partial charge in [0.1, 0.15) is 6.04 Å². The first-order valence-corrected chi connectivity index (χ1v) is 7.60. The molecule has 24 heavy (non-hydrogen) atoms. The summed E-state index contributed by atoms with van der Waals surface area (Å²) in [5, 5.41) is 7.44. The van der Waals surface area contributed by atoms with Crippen molar-refractivity contribution in [3.05, 3.63) is 66.4 Å². The number of benzene rings is 1. The zero-order valence-electron chi connectivity index (χ0n) is 13.2. The largest absolute Gasteiger partial charge is 0.459 e. The van der Waals surface area contributed by atoms with Crippen LogP contribution in [0.4, 0.5) is 0 Å². The predicted molar refractivity (Wildman–Crippen MR) is 89.2 cm³/mol. The van der Waals surface area contributed by atoms with Crippen LogP contribution in [0.25, 0.3) is 10.8 Å². The Hall–Kier alpha value is -3.15. The van der Waals surface area contributed by atoms with Gasteiger partial charge in [0.15, 0.2) is 5.76 Å². The Kier molecular flexibility index (Phi) is 4.56. The van der Waals surface area contributed by atoms with Crippen molar-refractivity contribution in [3.63, 3.8) is 0 Å². The number of carbonyl (C=O) groups excluding carboxylic acids is 2. The molecule has 0 fully saturated rings. The summed E-state index contributed by atoms with van der Waals surface area (Å²) in [6.45, 7) is 1.91. The molecule has 1 aromatic carbocycles. The third-order valence-electron chi connectivity index (χ3n) is 3.67. The maximum atomic E-state index is 12.2. The Morgan fingerprint density at radius 1 is 1.17 bits per heavy atom. The lowest BCUT2D eigenvalue weighted by Crippen LogP contribution is -2.44. The van der Waals surface area contributed by atoms with Gasteiger partial charge in [-0.2, -0.15) is 0 Å². The average Bonchev–Trinajstić information content (AvgIpc) is 3.14. The molecule has 6 heteroatoms. The van der Waals surface area contributed by atoms with Gasteiger partial charge in [-0.25, -0.2) is 0 Å². The van der Waals surface area contributed by atoms with E-state index in [0.29, 0.717) is 6.54 Å². The number of carbonyl (C=O) groups is 2. The molecule has 3 rings (SSSR count). The number of rotatable bonds is 5. The standard InChI is InChI=1S/C18H17N3O3/c1-12(21-18(23)16-7-4-10-24-16)17(22)20-11-15-14-6-3-2-5-13(14)8-9-19-15/h2-10,12H,11H2,1H3,(H,20,22)(H,21,23). The minimum Gasteiger partial charge on any atom is -0.459 e. The molecule has 1 unspecified atom stereocenters. The number of furan rings is 1. The van der Waals surface area contributed by atoms with E-state index in [2.05, 4.69) is 15.6 Å². The van der Waals surface area contributed by atoms with Crippen molar-refractivity contribution >= 4 is 22.6 Å². The topological polar surface area (TPSA) is 84.2 Å². The lowest BCUT2D eigenvalue weighted by Gasteiger charge is -2.13. The summed E-state index contributed by atoms with van der Waals surface area (Å²) in [5.41, 5.74) is 0.783. The van der Waals surface area contributed by atoms with Crippen LogP contribution in [0.3, 0.4) is 0 Å². The van der Waals surface area contributed by atoms with Gasteiger partial charge in [0.2, 0.25) is 5.91 Å². The number of nitrogens with zero attached hydrogens (tertiary/aromatic N) is 1. The summed E-state index contributed by atoms with van der Waals surface area (Å²) in [4.78, 5) is 28.4. The fourth-order valence-electron chi connectivity index (χ4n) is 2.39. The molecule has 0 radical (unpaired) electrons. The van der Waals surface area contributed by atoms with Crippen molar-refractivity contribution in [2.24, 2.45) is 0 Å². The molecule has 2 aromatic heterocycles. The van der Waals surface area contributed by atoms with E-state index in [0.717, 1.165) is 16.5 Å². The van der Waals surface area contributed by atoms with Crippen LogP contribution in [-0.4, -0.2) is 22.8 Å². The number of nitrogens with one attached hydrogen (secondary N) is 2. The predicted octanol–water partition coefficient (Wildman–Crippen LogP) is 2.26. The van der Waals surface area contributed by atoms with Crippen LogP contribution in [0.1, 0.15) is 23.2 Å². The Balaban J connectivity index is 1.61. The zero-order valence-corrected chi connectivity index (χ0v) is 13.2. The van der Waals surface area contributed by atoms with Crippen LogP contribution in [0.15, 0.2) is 59.3 Å². The number of pyridine rings is 1. The molecule has 1 atom stereocenters. The summed E-state index contributed by atoms with van der Waals surface area (Å²) >= 11 is 0. The highest BCUT2D eigenvalue weighted by Gasteiger charge is 2.18. The summed E-state index contributed by atoms with van der Waals surface area (Å²) in [6, 6.07) is 12.2. The molecular formula is C18H17N3O3. The molecule has 3 aromatic rings. The van der Waals surface area contributed by atoms with Crippen LogP contribution in [0.2, 0.25) is 0 Å². The van der Waals surface area contributed by atoms with Gasteiger partial charge < -0.3 is 15.1 Å². The Morgan fingerprint density at radius 3 is 2.79 bits per heavy atom. The van der Waals surface area contributed by atoms with Crippen molar-refractivity contribution in [2.75, 3.05) is 0 Å². The minimum atomic E-state index is -0.683. The Labute approximate surface area is 138 Å². The lowest BCUT2D eigenvalue weighted by atomic mass is 10.1. The molecule has 2 amide bonds. The third kappa shape index (κ3) is 3.43. The highest BCUT2D eigenvalue weighted by Crippen LogP contribution is 2.15. The van der Waals surface area contributed by atoms with E-state index in [1.165, 1.54) is 6.26 Å². The van der Waals surface area contributed by atoms with Crippen molar-refractivity contribution < 1.29 is 14.0 Å². The van der Waals surface area contributed by atoms with Crippen LogP contribution < -0.4 is 10.6 Å². The second-order valence-electron chi connectivity index (χ2n) is 5.37. The van der Waals surface area contributed by atoms with Gasteiger partial charge in [-0.3, -0.25) is 14.6 Å². The van der Waals surface area contributed by atoms with Crippen molar-refractivity contribution in [2.45, 2.75) is 19.5 Å². The zero-order chi connectivity index (χ0) is 16.9. The molecule has 2 heterocycles. The lowest BCUT2D eigenvalue weighted by molar-refractivity contribution is -0.122. The second kappa shape index (κ2) is 6.95. The highest BCUT2D eigenvalue weighted by molar-refractivity contribution is 5.95. The van der Waals surface area contributed by atoms with E-state index in [1.54, 1.807) is 25.3 Å². The normalized spacial score (nSPS) is 11.9. The van der Waals surface area contributed by atoms with Gasteiger partial charge in [-0.05, 0) is 30.5 Å². The summed E-state index contributed by atoms with van der Waals surface area (Å²) in [6.07, 6.45) is 3.12. The minimum absolute atomic E-state index is 0.172. The van der Waals surface area contributed by atoms with E-state index in [9.17, 15) is 9.59 Å². The van der Waals surface area contributed by atoms with Gasteiger partial charge in [-0.1, -0.05) is 24.3 Å². The highest BCUT2D eigenvalue weighted by atomic mass is 16.3. The monoisotopic (exact) mass is 323 g/mol. The third-order valence-corrected chi connectivity index (χ3v) is 3.67. The molecule has 0 saturated heterocycles. The van der Waals surface area contributed by atoms with E-state index < -0.39 is 11.9 Å². The van der Waals surface area contributed by atoms with Gasteiger partial charge in [0, 0.05) is 11.6 Å². The molecule has 0 aliphatic heterocycles. The smallest absolute Gasteiger partial charge is 0.287 e. The molecule has 6 nitrogen and oxygen atoms in total. The van der Waals surface area contributed by atoms with Gasteiger partial charge in [0.05, 0.1) is 18.5 Å². The molecule has 0 spiro atoms. The van der Waals surface area contributed by atoms with Gasteiger partial charge >= 0.3 is 0 Å². The van der Waals surface area contributed by atoms with E-state index in [4.69, 9.17) is 4.42 Å². The summed E-state index contributed by atoms with van der Waals surface area (Å²) in [5.74, 6) is -0.541. The second-order valence-corrected chi connectivity index (χ2v) is 5.37. The molecule has 0 bridgehead atoms. The Bertz CT molecular complexity index is 854. The SMILES string of the molecule is CC(NC(=O)c1ccco1)C(=O)NCc1nccc2ccccc12. The van der Waals surface area contributed by atoms with Crippen molar-refractivity contribution in [1.82, 2.24) is 15.6 Å². The van der Waals surface area contributed by atoms with Crippen molar-refractivity contribution in [3.8, 4) is 0 Å². The van der Waals surface area contributed by atoms with E-state index in [-0.39, 0.29) is 11.7 Å². The maximum absolute atomic E-state index is 12.2. The molecule has 0 aliphatic carbocycles. The van der Waals surface area contributed by atoms with Crippen LogP contribution in [-0.2, 0) is 11.3 Å². The summed E-state index contributed by atoms with van der Waals surface area (Å²) in [7, 11) is 0. The number of fused-ring (bicyclic) bond motifs is 1. The fourth-order valence-corrected chi connectivity index (χ4v) is 2.39. The van der Waals surface area contributed by atoms with Crippen LogP contribution in [0.5, 0.6) is 0 Å². The molecule has 0 aliphatic rings. The number of amides is 2. The molecule has 0 saturated carbocycles. The molecule has 122 valence electrons. The first kappa shape index (κ1) is 15.7. The molecular weight excluding hydrogens is 306 g/mol. The summed E-state index contributed by atoms with van der Waals surface area (Å²) < 4.78 is 5.00. The maximum Gasteiger partial charge on any atom is 0.287 e. The number of hydrogen-bond donors (Lipinski definition) is 2. The fraction of sp³-hybridized carbons (Fsp3) is 0.167. The quantitative estimate of drug-likeness (QED) is 0.754. The Morgan fingerprint density at radius 2 is 2.00 bits per heavy atom. The number of hydrogen-bond acceptors (Lipinski definition) is 4. The van der Waals surface area contributed by atoms with Gasteiger partial charge in [0.25, 0.3) is 5.91 Å².